The fourth-order valence-corrected chi connectivity index (χ4v) is 3.82. The van der Waals surface area contributed by atoms with Crippen LogP contribution in [-0.2, 0) is 14.3 Å². The SMILES string of the molecule is CN(C)C(=O)CO[C@H]1CCOC2(C1)CN(C(=O)c1cc3ccccc3[nH]1)C2. The zero-order valence-corrected chi connectivity index (χ0v) is 15.7. The number of benzene rings is 1. The normalized spacial score (nSPS) is 21.3. The molecule has 2 aliphatic rings. The molecule has 2 amide bonds. The molecule has 0 unspecified atom stereocenters. The number of likely N-dealkylation sites (N-methyl/N-ethyl adjacent to an activating group) is 1. The van der Waals surface area contributed by atoms with Crippen LogP contribution in [0.15, 0.2) is 30.3 Å². The molecular formula is C20H25N3O4. The number of carbonyl (C=O) groups excluding carboxylic acids is 2. The first-order chi connectivity index (χ1) is 13.0. The summed E-state index contributed by atoms with van der Waals surface area (Å²) in [5, 5.41) is 1.03. The summed E-state index contributed by atoms with van der Waals surface area (Å²) in [6.07, 6.45) is 1.48. The highest BCUT2D eigenvalue weighted by atomic mass is 16.5. The van der Waals surface area contributed by atoms with Crippen LogP contribution in [0.3, 0.4) is 0 Å². The predicted octanol–water partition coefficient (Wildman–Crippen LogP) is 1.65. The molecule has 1 aromatic carbocycles. The molecule has 7 nitrogen and oxygen atoms in total. The van der Waals surface area contributed by atoms with Gasteiger partial charge in [-0.3, -0.25) is 9.59 Å². The van der Waals surface area contributed by atoms with E-state index in [0.717, 1.165) is 17.3 Å². The Hall–Kier alpha value is -2.38. The highest BCUT2D eigenvalue weighted by molar-refractivity contribution is 5.98. The molecule has 2 aliphatic heterocycles. The van der Waals surface area contributed by atoms with Gasteiger partial charge in [0.2, 0.25) is 5.91 Å². The van der Waals surface area contributed by atoms with E-state index in [1.807, 2.05) is 30.3 Å². The second-order valence-corrected chi connectivity index (χ2v) is 7.68. The third-order valence-corrected chi connectivity index (χ3v) is 5.39. The molecule has 0 bridgehead atoms. The Morgan fingerprint density at radius 3 is 2.85 bits per heavy atom. The third kappa shape index (κ3) is 3.57. The van der Waals surface area contributed by atoms with E-state index in [9.17, 15) is 9.59 Å². The van der Waals surface area contributed by atoms with Gasteiger partial charge in [-0.05, 0) is 18.6 Å². The lowest BCUT2D eigenvalue weighted by molar-refractivity contribution is -0.188. The first-order valence-corrected chi connectivity index (χ1v) is 9.28. The molecule has 0 radical (unpaired) electrons. The lowest BCUT2D eigenvalue weighted by Gasteiger charge is -2.52. The lowest BCUT2D eigenvalue weighted by Crippen LogP contribution is -2.67. The van der Waals surface area contributed by atoms with E-state index < -0.39 is 0 Å². The largest absolute Gasteiger partial charge is 0.371 e. The second-order valence-electron chi connectivity index (χ2n) is 7.68. The summed E-state index contributed by atoms with van der Waals surface area (Å²) in [5.41, 5.74) is 1.22. The van der Waals surface area contributed by atoms with Gasteiger partial charge in [0.1, 0.15) is 17.9 Å². The van der Waals surface area contributed by atoms with Crippen molar-refractivity contribution in [2.24, 2.45) is 0 Å². The zero-order valence-electron chi connectivity index (χ0n) is 15.7. The van der Waals surface area contributed by atoms with Crippen molar-refractivity contribution in [1.82, 2.24) is 14.8 Å². The average molecular weight is 371 g/mol. The average Bonchev–Trinajstić information content (AvgIpc) is 3.07. The number of carbonyl (C=O) groups is 2. The standard InChI is InChI=1S/C20H25N3O4/c1-22(2)18(24)11-26-15-7-8-27-20(10-15)12-23(13-20)19(25)17-9-14-5-3-4-6-16(14)21-17/h3-6,9,15,21H,7-8,10-13H2,1-2H3/t15-/m0/s1. The van der Waals surface area contributed by atoms with Crippen LogP contribution in [0.25, 0.3) is 10.9 Å². The van der Waals surface area contributed by atoms with Gasteiger partial charge in [-0.2, -0.15) is 0 Å². The number of rotatable bonds is 4. The summed E-state index contributed by atoms with van der Waals surface area (Å²) in [5.74, 6) is -0.0500. The van der Waals surface area contributed by atoms with Crippen LogP contribution >= 0.6 is 0 Å². The molecule has 0 saturated carbocycles. The summed E-state index contributed by atoms with van der Waals surface area (Å²) in [6, 6.07) is 9.75. The van der Waals surface area contributed by atoms with Gasteiger partial charge in [-0.25, -0.2) is 0 Å². The number of para-hydroxylation sites is 1. The Kier molecular flexibility index (Phi) is 4.65. The summed E-state index contributed by atoms with van der Waals surface area (Å²) in [7, 11) is 3.44. The number of amides is 2. The van der Waals surface area contributed by atoms with E-state index in [4.69, 9.17) is 9.47 Å². The molecule has 1 N–H and O–H groups in total. The van der Waals surface area contributed by atoms with Gasteiger partial charge >= 0.3 is 0 Å². The fourth-order valence-electron chi connectivity index (χ4n) is 3.82. The highest BCUT2D eigenvalue weighted by Gasteiger charge is 2.50. The van der Waals surface area contributed by atoms with Crippen molar-refractivity contribution in [2.45, 2.75) is 24.5 Å². The van der Waals surface area contributed by atoms with Gasteiger partial charge in [0.05, 0.1) is 19.2 Å². The van der Waals surface area contributed by atoms with Crippen molar-refractivity contribution in [3.63, 3.8) is 0 Å². The number of likely N-dealkylation sites (tertiary alicyclic amines) is 1. The number of ether oxygens (including phenoxy) is 2. The first-order valence-electron chi connectivity index (χ1n) is 9.28. The van der Waals surface area contributed by atoms with Gasteiger partial charge < -0.3 is 24.3 Å². The highest BCUT2D eigenvalue weighted by Crippen LogP contribution is 2.36. The van der Waals surface area contributed by atoms with Crippen LogP contribution in [0.2, 0.25) is 0 Å². The number of nitrogens with one attached hydrogen (secondary N) is 1. The molecule has 7 heteroatoms. The molecular weight excluding hydrogens is 346 g/mol. The van der Waals surface area contributed by atoms with E-state index in [2.05, 4.69) is 4.98 Å². The number of H-pyrrole nitrogens is 1. The Morgan fingerprint density at radius 2 is 2.11 bits per heavy atom. The minimum absolute atomic E-state index is 0.00650. The van der Waals surface area contributed by atoms with Crippen LogP contribution in [0, 0.1) is 0 Å². The Bertz CT molecular complexity index is 821. The topological polar surface area (TPSA) is 74.9 Å². The van der Waals surface area contributed by atoms with Crippen molar-refractivity contribution < 1.29 is 19.1 Å². The van der Waals surface area contributed by atoms with Crippen molar-refractivity contribution in [1.29, 1.82) is 0 Å². The smallest absolute Gasteiger partial charge is 0.270 e. The second kappa shape index (κ2) is 6.98. The van der Waals surface area contributed by atoms with Gasteiger partial charge in [0.25, 0.3) is 5.91 Å². The Morgan fingerprint density at radius 1 is 1.33 bits per heavy atom. The Labute approximate surface area is 158 Å². The van der Waals surface area contributed by atoms with Crippen molar-refractivity contribution in [2.75, 3.05) is 40.4 Å². The molecule has 2 saturated heterocycles. The van der Waals surface area contributed by atoms with E-state index in [0.29, 0.717) is 31.8 Å². The monoisotopic (exact) mass is 371 g/mol. The third-order valence-electron chi connectivity index (χ3n) is 5.39. The van der Waals surface area contributed by atoms with Crippen LogP contribution < -0.4 is 0 Å². The number of nitrogens with zero attached hydrogens (tertiary/aromatic N) is 2. The molecule has 1 atom stereocenters. The van der Waals surface area contributed by atoms with E-state index in [-0.39, 0.29) is 30.1 Å². The maximum Gasteiger partial charge on any atom is 0.270 e. The first kappa shape index (κ1) is 18.0. The Balaban J connectivity index is 1.34. The van der Waals surface area contributed by atoms with Crippen molar-refractivity contribution in [3.05, 3.63) is 36.0 Å². The molecule has 2 fully saturated rings. The number of hydrogen-bond donors (Lipinski definition) is 1. The van der Waals surface area contributed by atoms with Gasteiger partial charge in [0.15, 0.2) is 0 Å². The maximum atomic E-state index is 12.8. The molecule has 0 aliphatic carbocycles. The summed E-state index contributed by atoms with van der Waals surface area (Å²) < 4.78 is 11.8. The van der Waals surface area contributed by atoms with Crippen LogP contribution in [0.5, 0.6) is 0 Å². The van der Waals surface area contributed by atoms with Crippen molar-refractivity contribution in [3.8, 4) is 0 Å². The van der Waals surface area contributed by atoms with Gasteiger partial charge in [-0.15, -0.1) is 0 Å². The van der Waals surface area contributed by atoms with Crippen LogP contribution in [-0.4, -0.2) is 78.7 Å². The van der Waals surface area contributed by atoms with Gasteiger partial charge in [-0.1, -0.05) is 18.2 Å². The molecule has 2 aromatic rings. The molecule has 144 valence electrons. The lowest BCUT2D eigenvalue weighted by atomic mass is 9.84. The number of aromatic amines is 1. The molecule has 1 aromatic heterocycles. The minimum atomic E-state index is -0.342. The number of hydrogen-bond acceptors (Lipinski definition) is 4. The minimum Gasteiger partial charge on any atom is -0.371 e. The van der Waals surface area contributed by atoms with E-state index in [1.54, 1.807) is 19.0 Å². The van der Waals surface area contributed by atoms with E-state index in [1.165, 1.54) is 4.90 Å². The summed E-state index contributed by atoms with van der Waals surface area (Å²) >= 11 is 0. The molecule has 4 rings (SSSR count). The molecule has 27 heavy (non-hydrogen) atoms. The summed E-state index contributed by atoms with van der Waals surface area (Å²) in [6.45, 7) is 1.80. The maximum absolute atomic E-state index is 12.8. The van der Waals surface area contributed by atoms with Gasteiger partial charge in [0, 0.05) is 38.0 Å². The molecule has 1 spiro atoms. The number of fused-ring (bicyclic) bond motifs is 1. The molecule has 3 heterocycles. The zero-order chi connectivity index (χ0) is 19.0. The number of aromatic nitrogens is 1. The van der Waals surface area contributed by atoms with Crippen LogP contribution in [0.4, 0.5) is 0 Å². The van der Waals surface area contributed by atoms with E-state index >= 15 is 0 Å². The van der Waals surface area contributed by atoms with Crippen molar-refractivity contribution >= 4 is 22.7 Å². The quantitative estimate of drug-likeness (QED) is 0.887. The summed E-state index contributed by atoms with van der Waals surface area (Å²) in [4.78, 5) is 31.0. The predicted molar refractivity (Wildman–Crippen MR) is 101 cm³/mol. The fraction of sp³-hybridized carbons (Fsp3) is 0.500. The van der Waals surface area contributed by atoms with Crippen LogP contribution in [0.1, 0.15) is 23.3 Å².